The zero-order valence-electron chi connectivity index (χ0n) is 21.5. The standard InChI is InChI=1S/C27H39FN4O4.H2/c1-30(2)26(34)32-18-27(23-15-19(28)7-8-24(23)32)10-12-31(13-11-27)21-6-4-3-5-20(16-21)29-25(33)36-22-9-14-35-17-22;/h7-8,15,20-22H,3-6,9-14,16-18H2,1-2H3,(H,29,33);1H/t20?,21?,22-;/m0./s1. The Bertz CT molecular complexity index is 966. The number of anilines is 1. The number of nitrogens with zero attached hydrogens (tertiary/aromatic N) is 3. The number of rotatable bonds is 3. The molecule has 3 fully saturated rings. The lowest BCUT2D eigenvalue weighted by Gasteiger charge is -2.43. The van der Waals surface area contributed by atoms with E-state index < -0.39 is 0 Å². The molecule has 0 radical (unpaired) electrons. The average Bonchev–Trinajstić information content (AvgIpc) is 3.39. The number of halogens is 1. The molecule has 200 valence electrons. The largest absolute Gasteiger partial charge is 0.444 e. The van der Waals surface area contributed by atoms with Crippen molar-refractivity contribution in [2.45, 2.75) is 75.0 Å². The topological polar surface area (TPSA) is 74.4 Å². The molecule has 1 saturated carbocycles. The molecule has 1 aromatic rings. The highest BCUT2D eigenvalue weighted by molar-refractivity contribution is 5.95. The molecule has 3 atom stereocenters. The highest BCUT2D eigenvalue weighted by Crippen LogP contribution is 2.48. The predicted octanol–water partition coefficient (Wildman–Crippen LogP) is 4.12. The fourth-order valence-electron chi connectivity index (χ4n) is 6.55. The van der Waals surface area contributed by atoms with Gasteiger partial charge in [-0.05, 0) is 69.0 Å². The minimum Gasteiger partial charge on any atom is -0.444 e. The molecular weight excluding hydrogens is 463 g/mol. The van der Waals surface area contributed by atoms with Gasteiger partial charge in [-0.15, -0.1) is 0 Å². The maximum Gasteiger partial charge on any atom is 0.407 e. The van der Waals surface area contributed by atoms with E-state index in [-0.39, 0.29) is 36.9 Å². The minimum atomic E-state index is -0.330. The lowest BCUT2D eigenvalue weighted by atomic mass is 9.74. The second kappa shape index (κ2) is 10.5. The zero-order valence-corrected chi connectivity index (χ0v) is 21.5. The van der Waals surface area contributed by atoms with E-state index >= 15 is 0 Å². The molecule has 1 N–H and O–H groups in total. The highest BCUT2D eigenvalue weighted by atomic mass is 19.1. The summed E-state index contributed by atoms with van der Waals surface area (Å²) in [5, 5.41) is 3.12. The first-order chi connectivity index (χ1) is 17.3. The first-order valence-electron chi connectivity index (χ1n) is 13.4. The van der Waals surface area contributed by atoms with Gasteiger partial charge in [-0.3, -0.25) is 4.90 Å². The molecule has 5 rings (SSSR count). The van der Waals surface area contributed by atoms with E-state index in [9.17, 15) is 14.0 Å². The van der Waals surface area contributed by atoms with Gasteiger partial charge in [0.15, 0.2) is 0 Å². The quantitative estimate of drug-likeness (QED) is 0.627. The molecule has 0 aromatic heterocycles. The molecule has 36 heavy (non-hydrogen) atoms. The molecule has 1 spiro atoms. The summed E-state index contributed by atoms with van der Waals surface area (Å²) in [7, 11) is 3.51. The van der Waals surface area contributed by atoms with E-state index in [0.29, 0.717) is 25.8 Å². The summed E-state index contributed by atoms with van der Waals surface area (Å²) in [6, 6.07) is 5.30. The number of carbonyl (C=O) groups excluding carboxylic acids is 2. The number of urea groups is 1. The van der Waals surface area contributed by atoms with Crippen LogP contribution in [0.25, 0.3) is 0 Å². The van der Waals surface area contributed by atoms with Gasteiger partial charge >= 0.3 is 12.1 Å². The maximum absolute atomic E-state index is 14.3. The van der Waals surface area contributed by atoms with Gasteiger partial charge in [0.2, 0.25) is 0 Å². The van der Waals surface area contributed by atoms with E-state index in [2.05, 4.69) is 10.2 Å². The summed E-state index contributed by atoms with van der Waals surface area (Å²) >= 11 is 0. The van der Waals surface area contributed by atoms with E-state index in [1.165, 1.54) is 6.07 Å². The third kappa shape index (κ3) is 5.18. The van der Waals surface area contributed by atoms with Gasteiger partial charge in [-0.25, -0.2) is 14.0 Å². The number of carbonyl (C=O) groups is 2. The van der Waals surface area contributed by atoms with Crippen LogP contribution in [0.2, 0.25) is 0 Å². The molecule has 3 aliphatic heterocycles. The molecule has 4 aliphatic rings. The first-order valence-corrected chi connectivity index (χ1v) is 13.4. The van der Waals surface area contributed by atoms with E-state index in [4.69, 9.17) is 9.47 Å². The number of nitrogens with one attached hydrogen (secondary N) is 1. The van der Waals surface area contributed by atoms with Crippen LogP contribution in [0.4, 0.5) is 19.7 Å². The van der Waals surface area contributed by atoms with Crippen molar-refractivity contribution in [3.63, 3.8) is 0 Å². The molecule has 8 nitrogen and oxygen atoms in total. The van der Waals surface area contributed by atoms with Gasteiger partial charge < -0.3 is 24.6 Å². The number of fused-ring (bicyclic) bond motifs is 2. The van der Waals surface area contributed by atoms with E-state index in [1.807, 2.05) is 4.90 Å². The van der Waals surface area contributed by atoms with Gasteiger partial charge in [-0.2, -0.15) is 0 Å². The molecule has 0 bridgehead atoms. The minimum absolute atomic E-state index is 0. The second-order valence-corrected chi connectivity index (χ2v) is 11.1. The van der Waals surface area contributed by atoms with Gasteiger partial charge in [0.25, 0.3) is 0 Å². The lowest BCUT2D eigenvalue weighted by Crippen LogP contribution is -2.51. The van der Waals surface area contributed by atoms with Crippen molar-refractivity contribution in [2.24, 2.45) is 0 Å². The Morgan fingerprint density at radius 1 is 1.19 bits per heavy atom. The lowest BCUT2D eigenvalue weighted by molar-refractivity contribution is 0.0768. The Kier molecular flexibility index (Phi) is 7.40. The van der Waals surface area contributed by atoms with Gasteiger partial charge in [0, 0.05) is 51.7 Å². The molecule has 1 aromatic carbocycles. The normalized spacial score (nSPS) is 28.0. The van der Waals surface area contributed by atoms with Gasteiger partial charge in [0.1, 0.15) is 11.9 Å². The Morgan fingerprint density at radius 2 is 1.97 bits per heavy atom. The molecule has 3 amide bonds. The summed E-state index contributed by atoms with van der Waals surface area (Å²) in [5.74, 6) is -0.247. The van der Waals surface area contributed by atoms with Crippen LogP contribution in [-0.2, 0) is 14.9 Å². The molecule has 2 unspecified atom stereocenters. The third-order valence-corrected chi connectivity index (χ3v) is 8.55. The summed E-state index contributed by atoms with van der Waals surface area (Å²) in [5.41, 5.74) is 1.60. The maximum atomic E-state index is 14.3. The van der Waals surface area contributed by atoms with E-state index in [1.54, 1.807) is 31.1 Å². The molecule has 9 heteroatoms. The molecule has 1 aliphatic carbocycles. The highest BCUT2D eigenvalue weighted by Gasteiger charge is 2.47. The average molecular weight is 505 g/mol. The number of hydrogen-bond donors (Lipinski definition) is 1. The van der Waals surface area contributed by atoms with Crippen LogP contribution in [0.1, 0.15) is 58.4 Å². The van der Waals surface area contributed by atoms with Crippen LogP contribution in [0.15, 0.2) is 18.2 Å². The van der Waals surface area contributed by atoms with Crippen molar-refractivity contribution >= 4 is 17.8 Å². The first kappa shape index (κ1) is 25.3. The monoisotopic (exact) mass is 504 g/mol. The van der Waals surface area contributed by atoms with Crippen molar-refractivity contribution in [3.05, 3.63) is 29.6 Å². The van der Waals surface area contributed by atoms with Gasteiger partial charge in [0.05, 0.1) is 13.2 Å². The summed E-state index contributed by atoms with van der Waals surface area (Å²) in [6.07, 6.45) is 7.33. The van der Waals surface area contributed by atoms with Crippen LogP contribution >= 0.6 is 0 Å². The summed E-state index contributed by atoms with van der Waals surface area (Å²) < 4.78 is 25.1. The zero-order chi connectivity index (χ0) is 25.3. The summed E-state index contributed by atoms with van der Waals surface area (Å²) in [6.45, 7) is 3.55. The smallest absolute Gasteiger partial charge is 0.407 e. The number of likely N-dealkylation sites (tertiary alicyclic amines) is 1. The van der Waals surface area contributed by atoms with Crippen LogP contribution in [-0.4, -0.2) is 87.1 Å². The fraction of sp³-hybridized carbons (Fsp3) is 0.704. The van der Waals surface area contributed by atoms with Gasteiger partial charge in [-0.1, -0.05) is 12.8 Å². The Labute approximate surface area is 214 Å². The van der Waals surface area contributed by atoms with Crippen molar-refractivity contribution in [3.8, 4) is 0 Å². The number of piperidine rings is 1. The Balaban J connectivity index is 0.00000320. The van der Waals surface area contributed by atoms with Crippen molar-refractivity contribution in [1.29, 1.82) is 0 Å². The van der Waals surface area contributed by atoms with Crippen molar-refractivity contribution < 1.29 is 24.9 Å². The van der Waals surface area contributed by atoms with E-state index in [0.717, 1.165) is 75.7 Å². The molecule has 2 saturated heterocycles. The van der Waals surface area contributed by atoms with Crippen LogP contribution < -0.4 is 10.2 Å². The Morgan fingerprint density at radius 3 is 2.69 bits per heavy atom. The van der Waals surface area contributed by atoms with Crippen LogP contribution in [0.3, 0.4) is 0 Å². The third-order valence-electron chi connectivity index (χ3n) is 8.55. The number of alkyl carbamates (subject to hydrolysis) is 1. The van der Waals surface area contributed by atoms with Crippen molar-refractivity contribution in [1.82, 2.24) is 15.1 Å². The molecular formula is C27H41FN4O4. The van der Waals surface area contributed by atoms with Crippen LogP contribution in [0.5, 0.6) is 0 Å². The number of hydrogen-bond acceptors (Lipinski definition) is 5. The number of benzene rings is 1. The number of amides is 3. The molecule has 3 heterocycles. The second-order valence-electron chi connectivity index (χ2n) is 11.1. The SMILES string of the molecule is CN(C)C(=O)N1CC2(CCN(C3CCCCC(NC(=O)O[C@H]4CCOC4)C3)CC2)c2cc(F)ccc21.[HH]. The fourth-order valence-corrected chi connectivity index (χ4v) is 6.55. The Hall–Kier alpha value is -2.39. The predicted molar refractivity (Wildman–Crippen MR) is 137 cm³/mol. The number of ether oxygens (including phenoxy) is 2. The van der Waals surface area contributed by atoms with Crippen LogP contribution in [0, 0.1) is 5.82 Å². The summed E-state index contributed by atoms with van der Waals surface area (Å²) in [4.78, 5) is 31.3. The van der Waals surface area contributed by atoms with Crippen molar-refractivity contribution in [2.75, 3.05) is 51.8 Å².